The zero-order valence-electron chi connectivity index (χ0n) is 17.6. The lowest BCUT2D eigenvalue weighted by Crippen LogP contribution is -2.05. The molecule has 1 saturated carbocycles. The fourth-order valence-corrected chi connectivity index (χ4v) is 4.32. The number of esters is 1. The van der Waals surface area contributed by atoms with Crippen LogP contribution in [-0.4, -0.2) is 33.6 Å². The highest BCUT2D eigenvalue weighted by atomic mass is 79.9. The molecule has 1 aliphatic rings. The number of fused-ring (bicyclic) bond motifs is 1. The molecule has 1 aliphatic carbocycles. The molecule has 3 aromatic rings. The third kappa shape index (κ3) is 5.39. The van der Waals surface area contributed by atoms with Gasteiger partial charge in [0.05, 0.1) is 18.6 Å². The van der Waals surface area contributed by atoms with Crippen molar-refractivity contribution >= 4 is 44.4 Å². The molecule has 0 spiro atoms. The summed E-state index contributed by atoms with van der Waals surface area (Å²) in [6, 6.07) is 12.7. The lowest BCUT2D eigenvalue weighted by atomic mass is 9.99. The van der Waals surface area contributed by atoms with Gasteiger partial charge < -0.3 is 4.74 Å². The number of halogens is 1. The highest BCUT2D eigenvalue weighted by Gasteiger charge is 2.26. The summed E-state index contributed by atoms with van der Waals surface area (Å²) in [4.78, 5) is 11.5. The molecular formula is C22H28BrN3O2S. The van der Waals surface area contributed by atoms with E-state index in [1.54, 1.807) is 0 Å². The largest absolute Gasteiger partial charge is 0.468 e. The minimum Gasteiger partial charge on any atom is -0.468 e. The number of rotatable bonds is 5. The SMILES string of the molecule is CC.CC.COC(=O)CSc1nnc(Br)n1-c1ccc(C2CC2)c2ccccc12. The Morgan fingerprint density at radius 2 is 1.76 bits per heavy atom. The zero-order valence-corrected chi connectivity index (χ0v) is 20.0. The normalized spacial score (nSPS) is 12.5. The summed E-state index contributed by atoms with van der Waals surface area (Å²) >= 11 is 4.79. The van der Waals surface area contributed by atoms with Gasteiger partial charge >= 0.3 is 5.97 Å². The molecule has 0 aliphatic heterocycles. The first kappa shape index (κ1) is 23.4. The molecule has 4 rings (SSSR count). The minimum atomic E-state index is -0.287. The number of thioether (sulfide) groups is 1. The summed E-state index contributed by atoms with van der Waals surface area (Å²) in [6.07, 6.45) is 2.53. The second kappa shape index (κ2) is 11.4. The van der Waals surface area contributed by atoms with Gasteiger partial charge in [0.25, 0.3) is 0 Å². The summed E-state index contributed by atoms with van der Waals surface area (Å²) in [5.41, 5.74) is 2.41. The van der Waals surface area contributed by atoms with Gasteiger partial charge in [-0.15, -0.1) is 10.2 Å². The number of hydrogen-bond acceptors (Lipinski definition) is 5. The molecule has 0 amide bonds. The van der Waals surface area contributed by atoms with Crippen molar-refractivity contribution in [3.63, 3.8) is 0 Å². The second-order valence-corrected chi connectivity index (χ2v) is 7.60. The van der Waals surface area contributed by atoms with Crippen LogP contribution in [0.15, 0.2) is 46.3 Å². The van der Waals surface area contributed by atoms with Gasteiger partial charge in [0.15, 0.2) is 5.16 Å². The molecule has 2 aromatic carbocycles. The molecule has 0 saturated heterocycles. The molecule has 0 bridgehead atoms. The average Bonchev–Trinajstić information content (AvgIpc) is 3.57. The maximum absolute atomic E-state index is 11.5. The second-order valence-electron chi connectivity index (χ2n) is 5.95. The Morgan fingerprint density at radius 1 is 1.10 bits per heavy atom. The van der Waals surface area contributed by atoms with Crippen molar-refractivity contribution in [3.05, 3.63) is 46.7 Å². The number of hydrogen-bond donors (Lipinski definition) is 0. The van der Waals surface area contributed by atoms with Crippen LogP contribution < -0.4 is 0 Å². The van der Waals surface area contributed by atoms with E-state index in [1.165, 1.54) is 42.7 Å². The van der Waals surface area contributed by atoms with E-state index < -0.39 is 0 Å². The molecule has 0 unspecified atom stereocenters. The molecule has 1 aromatic heterocycles. The van der Waals surface area contributed by atoms with E-state index in [-0.39, 0.29) is 11.7 Å². The van der Waals surface area contributed by atoms with E-state index >= 15 is 0 Å². The summed E-state index contributed by atoms with van der Waals surface area (Å²) in [7, 11) is 1.38. The summed E-state index contributed by atoms with van der Waals surface area (Å²) < 4.78 is 7.27. The fourth-order valence-electron chi connectivity index (χ4n) is 2.98. The first-order chi connectivity index (χ1) is 14.2. The molecule has 1 fully saturated rings. The van der Waals surface area contributed by atoms with Crippen molar-refractivity contribution in [2.75, 3.05) is 12.9 Å². The molecular weight excluding hydrogens is 450 g/mol. The Balaban J connectivity index is 0.000000707. The van der Waals surface area contributed by atoms with Crippen LogP contribution in [0.1, 0.15) is 52.0 Å². The zero-order chi connectivity index (χ0) is 21.4. The Bertz CT molecular complexity index is 954. The third-order valence-electron chi connectivity index (χ3n) is 4.33. The van der Waals surface area contributed by atoms with E-state index in [4.69, 9.17) is 4.74 Å². The van der Waals surface area contributed by atoms with Crippen molar-refractivity contribution in [1.82, 2.24) is 14.8 Å². The minimum absolute atomic E-state index is 0.194. The van der Waals surface area contributed by atoms with Crippen molar-refractivity contribution in [2.45, 2.75) is 51.6 Å². The predicted molar refractivity (Wildman–Crippen MR) is 124 cm³/mol. The van der Waals surface area contributed by atoms with Crippen molar-refractivity contribution in [3.8, 4) is 5.69 Å². The molecule has 5 nitrogen and oxygen atoms in total. The van der Waals surface area contributed by atoms with Gasteiger partial charge in [-0.3, -0.25) is 9.36 Å². The van der Waals surface area contributed by atoms with Gasteiger partial charge in [0.1, 0.15) is 0 Å². The number of carbonyl (C=O) groups is 1. The Labute approximate surface area is 185 Å². The van der Waals surface area contributed by atoms with E-state index in [9.17, 15) is 4.79 Å². The van der Waals surface area contributed by atoms with Crippen LogP contribution >= 0.6 is 27.7 Å². The predicted octanol–water partition coefficient (Wildman–Crippen LogP) is 6.38. The molecule has 0 N–H and O–H groups in total. The summed E-state index contributed by atoms with van der Waals surface area (Å²) in [5, 5.41) is 11.4. The first-order valence-corrected chi connectivity index (χ1v) is 11.8. The van der Waals surface area contributed by atoms with E-state index in [2.05, 4.69) is 56.5 Å². The number of methoxy groups -OCH3 is 1. The van der Waals surface area contributed by atoms with Gasteiger partial charge in [-0.25, -0.2) is 0 Å². The van der Waals surface area contributed by atoms with Crippen LogP contribution in [-0.2, 0) is 9.53 Å². The average molecular weight is 478 g/mol. The van der Waals surface area contributed by atoms with Crippen LogP contribution in [0.4, 0.5) is 0 Å². The van der Waals surface area contributed by atoms with Crippen LogP contribution in [0, 0.1) is 0 Å². The van der Waals surface area contributed by atoms with Crippen LogP contribution in [0.25, 0.3) is 16.5 Å². The molecule has 29 heavy (non-hydrogen) atoms. The lowest BCUT2D eigenvalue weighted by Gasteiger charge is -2.13. The van der Waals surface area contributed by atoms with E-state index in [0.29, 0.717) is 15.8 Å². The Hall–Kier alpha value is -1.86. The number of nitrogens with zero attached hydrogens (tertiary/aromatic N) is 3. The maximum Gasteiger partial charge on any atom is 0.316 e. The molecule has 0 atom stereocenters. The highest BCUT2D eigenvalue weighted by Crippen LogP contribution is 2.44. The molecule has 0 radical (unpaired) electrons. The highest BCUT2D eigenvalue weighted by molar-refractivity contribution is 9.10. The fraction of sp³-hybridized carbons (Fsp3) is 0.409. The van der Waals surface area contributed by atoms with Crippen molar-refractivity contribution in [2.24, 2.45) is 0 Å². The summed E-state index contributed by atoms with van der Waals surface area (Å²) in [5.74, 6) is 0.584. The number of aromatic nitrogens is 3. The molecule has 7 heteroatoms. The van der Waals surface area contributed by atoms with Crippen LogP contribution in [0.2, 0.25) is 0 Å². The van der Waals surface area contributed by atoms with E-state index in [0.717, 1.165) is 11.1 Å². The van der Waals surface area contributed by atoms with Gasteiger partial charge in [0.2, 0.25) is 4.73 Å². The smallest absolute Gasteiger partial charge is 0.316 e. The number of benzene rings is 2. The third-order valence-corrected chi connectivity index (χ3v) is 5.75. The van der Waals surface area contributed by atoms with Crippen LogP contribution in [0.5, 0.6) is 0 Å². The van der Waals surface area contributed by atoms with Crippen LogP contribution in [0.3, 0.4) is 0 Å². The number of carbonyl (C=O) groups excluding carboxylic acids is 1. The van der Waals surface area contributed by atoms with Gasteiger partial charge in [-0.05, 0) is 51.7 Å². The number of ether oxygens (including phenoxy) is 1. The maximum atomic E-state index is 11.5. The topological polar surface area (TPSA) is 57.0 Å². The molecule has 156 valence electrons. The monoisotopic (exact) mass is 477 g/mol. The van der Waals surface area contributed by atoms with Crippen molar-refractivity contribution < 1.29 is 9.53 Å². The van der Waals surface area contributed by atoms with Gasteiger partial charge in [-0.2, -0.15) is 0 Å². The quantitative estimate of drug-likeness (QED) is 0.315. The van der Waals surface area contributed by atoms with E-state index in [1.807, 2.05) is 38.3 Å². The lowest BCUT2D eigenvalue weighted by molar-refractivity contribution is -0.137. The summed E-state index contributed by atoms with van der Waals surface area (Å²) in [6.45, 7) is 8.00. The van der Waals surface area contributed by atoms with Crippen molar-refractivity contribution in [1.29, 1.82) is 0 Å². The Kier molecular flexibility index (Phi) is 9.17. The first-order valence-electron chi connectivity index (χ1n) is 10.0. The molecule has 1 heterocycles. The Morgan fingerprint density at radius 3 is 2.38 bits per heavy atom. The van der Waals surface area contributed by atoms with Gasteiger partial charge in [-0.1, -0.05) is 69.8 Å². The standard InChI is InChI=1S/C18H16BrN3O2S.2C2H6/c1-24-16(23)10-25-18-21-20-17(19)22(18)15-9-8-12(11-6-7-11)13-4-2-3-5-14(13)15;2*1-2/h2-5,8-9,11H,6-7,10H2,1H3;2*1-2H3. The van der Waals surface area contributed by atoms with Gasteiger partial charge in [0, 0.05) is 5.39 Å².